The topological polar surface area (TPSA) is 74.7 Å². The Morgan fingerprint density at radius 3 is 2.55 bits per heavy atom. The number of halogens is 1. The van der Waals surface area contributed by atoms with Gasteiger partial charge in [0, 0.05) is 34.2 Å². The number of thiazole rings is 1. The fourth-order valence-corrected chi connectivity index (χ4v) is 4.44. The zero-order chi connectivity index (χ0) is 21.8. The number of hydrogen-bond donors (Lipinski definition) is 1. The standard InChI is InChI=1S/C23H21BrN4O2S/c1-15-22(17-7-9-18(24)10-8-17)26-23(31-15)25-20(29)11-12-21(30)28-14-13-19(27-28)16-5-3-2-4-6-16/h2-10H,11-14H2,1H3,(H,25,26,29). The van der Waals surface area contributed by atoms with E-state index in [1.54, 1.807) is 0 Å². The lowest BCUT2D eigenvalue weighted by molar-refractivity contribution is -0.132. The van der Waals surface area contributed by atoms with Crippen molar-refractivity contribution in [3.63, 3.8) is 0 Å². The zero-order valence-electron chi connectivity index (χ0n) is 17.0. The SMILES string of the molecule is Cc1sc(NC(=O)CCC(=O)N2CCC(c3ccccc3)=N2)nc1-c1ccc(Br)cc1. The van der Waals surface area contributed by atoms with E-state index in [0.29, 0.717) is 11.7 Å². The molecule has 158 valence electrons. The van der Waals surface area contributed by atoms with Crippen molar-refractivity contribution in [1.82, 2.24) is 9.99 Å². The highest BCUT2D eigenvalue weighted by molar-refractivity contribution is 9.10. The number of aryl methyl sites for hydroxylation is 1. The molecule has 31 heavy (non-hydrogen) atoms. The van der Waals surface area contributed by atoms with Crippen molar-refractivity contribution >= 4 is 49.9 Å². The lowest BCUT2D eigenvalue weighted by atomic mass is 10.1. The van der Waals surface area contributed by atoms with Crippen LogP contribution in [0.25, 0.3) is 11.3 Å². The molecule has 0 spiro atoms. The Kier molecular flexibility index (Phi) is 6.58. The van der Waals surface area contributed by atoms with Crippen LogP contribution in [0.15, 0.2) is 64.2 Å². The Morgan fingerprint density at radius 1 is 1.06 bits per heavy atom. The van der Waals surface area contributed by atoms with E-state index in [1.807, 2.05) is 61.5 Å². The smallest absolute Gasteiger partial charge is 0.243 e. The largest absolute Gasteiger partial charge is 0.302 e. The fourth-order valence-electron chi connectivity index (χ4n) is 3.33. The summed E-state index contributed by atoms with van der Waals surface area (Å²) in [7, 11) is 0. The van der Waals surface area contributed by atoms with E-state index in [9.17, 15) is 9.59 Å². The molecule has 2 aromatic carbocycles. The number of amides is 2. The van der Waals surface area contributed by atoms with Crippen LogP contribution in [0.4, 0.5) is 5.13 Å². The minimum absolute atomic E-state index is 0.0950. The molecule has 1 N–H and O–H groups in total. The van der Waals surface area contributed by atoms with Crippen molar-refractivity contribution in [1.29, 1.82) is 0 Å². The lowest BCUT2D eigenvalue weighted by Crippen LogP contribution is -2.24. The van der Waals surface area contributed by atoms with Crippen molar-refractivity contribution in [2.45, 2.75) is 26.2 Å². The van der Waals surface area contributed by atoms with Crippen molar-refractivity contribution < 1.29 is 9.59 Å². The molecule has 0 aliphatic carbocycles. The van der Waals surface area contributed by atoms with Crippen LogP contribution in [0.2, 0.25) is 0 Å². The molecular weight excluding hydrogens is 476 g/mol. The molecule has 2 heterocycles. The lowest BCUT2D eigenvalue weighted by Gasteiger charge is -2.10. The molecule has 0 radical (unpaired) electrons. The third-order valence-electron chi connectivity index (χ3n) is 4.92. The van der Waals surface area contributed by atoms with Gasteiger partial charge in [0.05, 0.1) is 18.0 Å². The Morgan fingerprint density at radius 2 is 1.81 bits per heavy atom. The maximum Gasteiger partial charge on any atom is 0.243 e. The second-order valence-corrected chi connectivity index (χ2v) is 9.28. The molecule has 1 aromatic heterocycles. The van der Waals surface area contributed by atoms with Crippen LogP contribution in [0.3, 0.4) is 0 Å². The predicted molar refractivity (Wildman–Crippen MR) is 127 cm³/mol. The molecule has 4 rings (SSSR count). The molecule has 1 aliphatic rings. The molecule has 0 bridgehead atoms. The first-order valence-electron chi connectivity index (χ1n) is 9.96. The van der Waals surface area contributed by atoms with E-state index in [4.69, 9.17) is 0 Å². The number of carbonyl (C=O) groups excluding carboxylic acids is 2. The highest BCUT2D eigenvalue weighted by atomic mass is 79.9. The van der Waals surface area contributed by atoms with E-state index in [-0.39, 0.29) is 24.7 Å². The molecule has 0 fully saturated rings. The Labute approximate surface area is 193 Å². The quantitative estimate of drug-likeness (QED) is 0.507. The summed E-state index contributed by atoms with van der Waals surface area (Å²) in [5.41, 5.74) is 3.77. The second-order valence-electron chi connectivity index (χ2n) is 7.16. The first kappa shape index (κ1) is 21.4. The van der Waals surface area contributed by atoms with Crippen molar-refractivity contribution in [2.75, 3.05) is 11.9 Å². The van der Waals surface area contributed by atoms with Crippen molar-refractivity contribution in [3.8, 4) is 11.3 Å². The number of anilines is 1. The molecule has 3 aromatic rings. The maximum atomic E-state index is 12.5. The van der Waals surface area contributed by atoms with Crippen molar-refractivity contribution in [3.05, 3.63) is 69.5 Å². The van der Waals surface area contributed by atoms with Gasteiger partial charge in [-0.15, -0.1) is 11.3 Å². The highest BCUT2D eigenvalue weighted by Gasteiger charge is 2.22. The number of nitrogens with zero attached hydrogens (tertiary/aromatic N) is 3. The van der Waals surface area contributed by atoms with Crippen LogP contribution in [0, 0.1) is 6.92 Å². The van der Waals surface area contributed by atoms with E-state index < -0.39 is 0 Å². The number of aromatic nitrogens is 1. The highest BCUT2D eigenvalue weighted by Crippen LogP contribution is 2.31. The van der Waals surface area contributed by atoms with Crippen LogP contribution >= 0.6 is 27.3 Å². The summed E-state index contributed by atoms with van der Waals surface area (Å²) in [5, 5.41) is 9.25. The number of hydrazone groups is 1. The molecular formula is C23H21BrN4O2S. The number of benzene rings is 2. The van der Waals surface area contributed by atoms with E-state index in [0.717, 1.165) is 38.3 Å². The summed E-state index contributed by atoms with van der Waals surface area (Å²) in [6, 6.07) is 17.7. The van der Waals surface area contributed by atoms with Crippen LogP contribution in [0.5, 0.6) is 0 Å². The summed E-state index contributed by atoms with van der Waals surface area (Å²) >= 11 is 4.86. The summed E-state index contributed by atoms with van der Waals surface area (Å²) in [6.07, 6.45) is 0.929. The van der Waals surface area contributed by atoms with Gasteiger partial charge < -0.3 is 5.32 Å². The Balaban J connectivity index is 1.32. The number of rotatable bonds is 6. The minimum Gasteiger partial charge on any atom is -0.302 e. The second kappa shape index (κ2) is 9.53. The first-order chi connectivity index (χ1) is 15.0. The summed E-state index contributed by atoms with van der Waals surface area (Å²) in [5.74, 6) is -0.372. The molecule has 2 amide bonds. The molecule has 0 atom stereocenters. The van der Waals surface area contributed by atoms with E-state index >= 15 is 0 Å². The van der Waals surface area contributed by atoms with Gasteiger partial charge in [0.1, 0.15) is 0 Å². The summed E-state index contributed by atoms with van der Waals surface area (Å²) in [6.45, 7) is 2.52. The van der Waals surface area contributed by atoms with Gasteiger partial charge in [-0.25, -0.2) is 9.99 Å². The van der Waals surface area contributed by atoms with Gasteiger partial charge in [-0.3, -0.25) is 9.59 Å². The van der Waals surface area contributed by atoms with E-state index in [1.165, 1.54) is 16.3 Å². The number of hydrogen-bond acceptors (Lipinski definition) is 5. The zero-order valence-corrected chi connectivity index (χ0v) is 19.4. The number of carbonyl (C=O) groups is 2. The Bertz CT molecular complexity index is 1130. The van der Waals surface area contributed by atoms with Gasteiger partial charge in [-0.05, 0) is 24.6 Å². The molecule has 1 aliphatic heterocycles. The number of nitrogens with one attached hydrogen (secondary N) is 1. The monoisotopic (exact) mass is 496 g/mol. The van der Waals surface area contributed by atoms with Gasteiger partial charge >= 0.3 is 0 Å². The average Bonchev–Trinajstić information content (AvgIpc) is 3.40. The van der Waals surface area contributed by atoms with Crippen LogP contribution in [0.1, 0.15) is 29.7 Å². The molecule has 0 saturated heterocycles. The minimum atomic E-state index is -0.226. The fraction of sp³-hybridized carbons (Fsp3) is 0.217. The molecule has 0 unspecified atom stereocenters. The normalized spacial score (nSPS) is 13.2. The summed E-state index contributed by atoms with van der Waals surface area (Å²) < 4.78 is 1.00. The Hall–Kier alpha value is -2.84. The molecule has 8 heteroatoms. The third kappa shape index (κ3) is 5.26. The molecule has 6 nitrogen and oxygen atoms in total. The average molecular weight is 497 g/mol. The van der Waals surface area contributed by atoms with Gasteiger partial charge in [0.15, 0.2) is 5.13 Å². The summed E-state index contributed by atoms with van der Waals surface area (Å²) in [4.78, 5) is 30.4. The first-order valence-corrected chi connectivity index (χ1v) is 11.6. The maximum absolute atomic E-state index is 12.5. The van der Waals surface area contributed by atoms with Gasteiger partial charge in [0.25, 0.3) is 0 Å². The third-order valence-corrected chi connectivity index (χ3v) is 6.34. The van der Waals surface area contributed by atoms with Gasteiger partial charge in [-0.2, -0.15) is 5.10 Å². The van der Waals surface area contributed by atoms with E-state index in [2.05, 4.69) is 31.3 Å². The van der Waals surface area contributed by atoms with Crippen LogP contribution in [-0.4, -0.2) is 34.1 Å². The van der Waals surface area contributed by atoms with Crippen LogP contribution < -0.4 is 5.32 Å². The van der Waals surface area contributed by atoms with Crippen LogP contribution in [-0.2, 0) is 9.59 Å². The van der Waals surface area contributed by atoms with Gasteiger partial charge in [0.2, 0.25) is 11.8 Å². The van der Waals surface area contributed by atoms with Gasteiger partial charge in [-0.1, -0.05) is 58.4 Å². The predicted octanol–water partition coefficient (Wildman–Crippen LogP) is 5.24. The van der Waals surface area contributed by atoms with Crippen molar-refractivity contribution in [2.24, 2.45) is 5.10 Å². The molecule has 0 saturated carbocycles.